The zero-order valence-electron chi connectivity index (χ0n) is 16.3. The summed E-state index contributed by atoms with van der Waals surface area (Å²) in [5, 5.41) is 3.45. The van der Waals surface area contributed by atoms with Gasteiger partial charge in [-0.3, -0.25) is 4.79 Å². The largest absolute Gasteiger partial charge is 0.497 e. The highest BCUT2D eigenvalue weighted by Gasteiger charge is 2.55. The number of methoxy groups -OCH3 is 1. The lowest BCUT2D eigenvalue weighted by atomic mass is 9.68. The number of hydrogen-bond acceptors (Lipinski definition) is 3. The molecule has 0 aromatic heterocycles. The second-order valence-electron chi connectivity index (χ2n) is 8.77. The molecule has 1 aromatic carbocycles. The van der Waals surface area contributed by atoms with Gasteiger partial charge in [0.2, 0.25) is 5.91 Å². The maximum Gasteiger partial charge on any atom is 0.227 e. The smallest absolute Gasteiger partial charge is 0.227 e. The molecule has 3 saturated carbocycles. The molecule has 1 amide bonds. The van der Waals surface area contributed by atoms with Crippen LogP contribution in [0.25, 0.3) is 0 Å². The van der Waals surface area contributed by atoms with Gasteiger partial charge in [0.1, 0.15) is 5.75 Å². The van der Waals surface area contributed by atoms with Crippen molar-refractivity contribution < 1.29 is 9.53 Å². The third-order valence-corrected chi connectivity index (χ3v) is 7.36. The van der Waals surface area contributed by atoms with Gasteiger partial charge in [-0.15, -0.1) is 12.4 Å². The number of amides is 1. The van der Waals surface area contributed by atoms with Crippen molar-refractivity contribution in [2.75, 3.05) is 13.7 Å². The summed E-state index contributed by atoms with van der Waals surface area (Å²) in [6.45, 7) is 0.680. The van der Waals surface area contributed by atoms with Crippen LogP contribution in [-0.4, -0.2) is 25.6 Å². The van der Waals surface area contributed by atoms with Crippen molar-refractivity contribution in [3.63, 3.8) is 0 Å². The molecule has 5 heteroatoms. The first-order chi connectivity index (χ1) is 12.6. The van der Waals surface area contributed by atoms with Gasteiger partial charge in [0.05, 0.1) is 12.5 Å². The van der Waals surface area contributed by atoms with Crippen LogP contribution in [0.5, 0.6) is 5.75 Å². The maximum atomic E-state index is 13.6. The summed E-state index contributed by atoms with van der Waals surface area (Å²) in [5.74, 6) is 2.87. The number of ether oxygens (including phenoxy) is 1. The Morgan fingerprint density at radius 3 is 2.81 bits per heavy atom. The summed E-state index contributed by atoms with van der Waals surface area (Å²) >= 11 is 0. The number of nitrogens with two attached hydrogens (primary N) is 1. The molecule has 0 heterocycles. The first kappa shape index (κ1) is 20.5. The number of carbonyl (C=O) groups excluding carboxylic acids is 1. The van der Waals surface area contributed by atoms with E-state index < -0.39 is 0 Å². The SMILES string of the molecule is COc1cccc(CC2(C(=O)NC3CCCC3CN)CC3CCC2C3)c1.Cl. The molecule has 0 radical (unpaired) electrons. The molecule has 3 aliphatic carbocycles. The van der Waals surface area contributed by atoms with Gasteiger partial charge in [-0.05, 0) is 80.5 Å². The van der Waals surface area contributed by atoms with Crippen LogP contribution in [0.3, 0.4) is 0 Å². The number of hydrogen-bond donors (Lipinski definition) is 2. The van der Waals surface area contributed by atoms with Gasteiger partial charge in [-0.25, -0.2) is 0 Å². The van der Waals surface area contributed by atoms with Gasteiger partial charge >= 0.3 is 0 Å². The fraction of sp³-hybridized carbons (Fsp3) is 0.682. The third-order valence-electron chi connectivity index (χ3n) is 7.36. The molecular formula is C22H33ClN2O2. The maximum absolute atomic E-state index is 13.6. The van der Waals surface area contributed by atoms with Crippen molar-refractivity contribution >= 4 is 18.3 Å². The van der Waals surface area contributed by atoms with Crippen molar-refractivity contribution in [1.82, 2.24) is 5.32 Å². The number of halogens is 1. The summed E-state index contributed by atoms with van der Waals surface area (Å²) in [7, 11) is 1.70. The molecule has 4 nitrogen and oxygen atoms in total. The van der Waals surface area contributed by atoms with E-state index >= 15 is 0 Å². The van der Waals surface area contributed by atoms with E-state index in [0.29, 0.717) is 18.4 Å². The van der Waals surface area contributed by atoms with E-state index in [2.05, 4.69) is 17.4 Å². The van der Waals surface area contributed by atoms with E-state index in [9.17, 15) is 4.79 Å². The quantitative estimate of drug-likeness (QED) is 0.775. The number of nitrogens with one attached hydrogen (secondary N) is 1. The van der Waals surface area contributed by atoms with Crippen LogP contribution in [0, 0.1) is 23.2 Å². The normalized spacial score (nSPS) is 34.3. The van der Waals surface area contributed by atoms with Crippen LogP contribution in [-0.2, 0) is 11.2 Å². The summed E-state index contributed by atoms with van der Waals surface area (Å²) in [5.41, 5.74) is 6.91. The first-order valence-corrected chi connectivity index (χ1v) is 10.3. The minimum absolute atomic E-state index is 0. The van der Waals surface area contributed by atoms with E-state index in [1.807, 2.05) is 12.1 Å². The standard InChI is InChI=1S/C22H32N2O2.ClH/c1-26-19-6-2-4-15(11-19)12-22(13-16-8-9-18(22)10-16)21(25)24-20-7-3-5-17(20)14-23;/h2,4,6,11,16-18,20H,3,5,7-10,12-14,23H2,1H3,(H,24,25);1H. The third kappa shape index (κ3) is 3.84. The Morgan fingerprint density at radius 2 is 2.15 bits per heavy atom. The Kier molecular flexibility index (Phi) is 6.37. The predicted molar refractivity (Wildman–Crippen MR) is 110 cm³/mol. The van der Waals surface area contributed by atoms with Gasteiger partial charge in [0.25, 0.3) is 0 Å². The highest BCUT2D eigenvalue weighted by atomic mass is 35.5. The van der Waals surface area contributed by atoms with Crippen LogP contribution < -0.4 is 15.8 Å². The Bertz CT molecular complexity index is 667. The van der Waals surface area contributed by atoms with Crippen LogP contribution in [0.2, 0.25) is 0 Å². The van der Waals surface area contributed by atoms with Crippen molar-refractivity contribution in [2.24, 2.45) is 28.9 Å². The Balaban J connectivity index is 0.00000210. The van der Waals surface area contributed by atoms with E-state index in [4.69, 9.17) is 10.5 Å². The highest BCUT2D eigenvalue weighted by Crippen LogP contribution is 2.57. The lowest BCUT2D eigenvalue weighted by molar-refractivity contribution is -0.135. The van der Waals surface area contributed by atoms with Crippen LogP contribution in [0.4, 0.5) is 0 Å². The summed E-state index contributed by atoms with van der Waals surface area (Å²) < 4.78 is 5.40. The Morgan fingerprint density at radius 1 is 1.30 bits per heavy atom. The van der Waals surface area contributed by atoms with Crippen molar-refractivity contribution in [2.45, 2.75) is 57.4 Å². The first-order valence-electron chi connectivity index (χ1n) is 10.3. The number of carbonyl (C=O) groups is 1. The van der Waals surface area contributed by atoms with Crippen LogP contribution >= 0.6 is 12.4 Å². The average molecular weight is 393 g/mol. The Hall–Kier alpha value is -1.26. The average Bonchev–Trinajstić information content (AvgIpc) is 3.38. The lowest BCUT2D eigenvalue weighted by Gasteiger charge is -2.38. The summed E-state index contributed by atoms with van der Waals surface area (Å²) in [4.78, 5) is 13.6. The monoisotopic (exact) mass is 392 g/mol. The summed E-state index contributed by atoms with van der Waals surface area (Å²) in [6, 6.07) is 8.52. The van der Waals surface area contributed by atoms with Crippen molar-refractivity contribution in [3.8, 4) is 5.75 Å². The number of benzene rings is 1. The minimum Gasteiger partial charge on any atom is -0.497 e. The Labute approximate surface area is 169 Å². The second kappa shape index (κ2) is 8.40. The number of fused-ring (bicyclic) bond motifs is 2. The fourth-order valence-electron chi connectivity index (χ4n) is 5.99. The molecule has 4 rings (SSSR count). The molecule has 3 N–H and O–H groups in total. The molecule has 2 bridgehead atoms. The lowest BCUT2D eigenvalue weighted by Crippen LogP contribution is -2.51. The molecule has 5 atom stereocenters. The summed E-state index contributed by atoms with van der Waals surface area (Å²) in [6.07, 6.45) is 9.01. The molecule has 3 fully saturated rings. The van der Waals surface area contributed by atoms with Gasteiger partial charge < -0.3 is 15.8 Å². The van der Waals surface area contributed by atoms with E-state index in [-0.39, 0.29) is 29.8 Å². The molecule has 0 spiro atoms. The van der Waals surface area contributed by atoms with E-state index in [1.165, 1.54) is 31.2 Å². The zero-order valence-corrected chi connectivity index (χ0v) is 17.1. The molecule has 5 unspecified atom stereocenters. The molecule has 150 valence electrons. The van der Waals surface area contributed by atoms with Gasteiger partial charge in [-0.2, -0.15) is 0 Å². The molecule has 1 aromatic rings. The topological polar surface area (TPSA) is 64.3 Å². The molecular weight excluding hydrogens is 360 g/mol. The van der Waals surface area contributed by atoms with Crippen LogP contribution in [0.15, 0.2) is 24.3 Å². The zero-order chi connectivity index (χ0) is 18.1. The van der Waals surface area contributed by atoms with E-state index in [1.54, 1.807) is 7.11 Å². The number of rotatable bonds is 6. The minimum atomic E-state index is -0.239. The van der Waals surface area contributed by atoms with Gasteiger partial charge in [0, 0.05) is 6.04 Å². The second-order valence-corrected chi connectivity index (χ2v) is 8.77. The molecule has 27 heavy (non-hydrogen) atoms. The van der Waals surface area contributed by atoms with Crippen LogP contribution in [0.1, 0.15) is 50.5 Å². The van der Waals surface area contributed by atoms with Gasteiger partial charge in [-0.1, -0.05) is 25.0 Å². The molecule has 0 aliphatic heterocycles. The predicted octanol–water partition coefficient (Wildman–Crippen LogP) is 3.71. The van der Waals surface area contributed by atoms with E-state index in [0.717, 1.165) is 37.4 Å². The fourth-order valence-corrected chi connectivity index (χ4v) is 5.99. The molecule has 0 saturated heterocycles. The van der Waals surface area contributed by atoms with Crippen molar-refractivity contribution in [3.05, 3.63) is 29.8 Å². The molecule has 3 aliphatic rings. The highest BCUT2D eigenvalue weighted by molar-refractivity contribution is 5.85. The van der Waals surface area contributed by atoms with Gasteiger partial charge in [0.15, 0.2) is 0 Å². The van der Waals surface area contributed by atoms with Crippen molar-refractivity contribution in [1.29, 1.82) is 0 Å².